The molecule has 0 saturated carbocycles. The Morgan fingerprint density at radius 2 is 2.13 bits per heavy atom. The number of thioether (sulfide) groups is 1. The second kappa shape index (κ2) is 6.66. The molecule has 23 heavy (non-hydrogen) atoms. The number of rotatable bonds is 5. The van der Waals surface area contributed by atoms with Crippen molar-refractivity contribution in [2.24, 2.45) is 7.05 Å². The number of nitrogens with one attached hydrogen (secondary N) is 1. The zero-order valence-corrected chi connectivity index (χ0v) is 13.4. The van der Waals surface area contributed by atoms with E-state index in [1.54, 1.807) is 23.9 Å². The number of aryl methyl sites for hydroxylation is 2. The fourth-order valence-electron chi connectivity index (χ4n) is 2.00. The summed E-state index contributed by atoms with van der Waals surface area (Å²) in [5, 5.41) is 14.6. The molecule has 118 valence electrons. The van der Waals surface area contributed by atoms with Gasteiger partial charge < -0.3 is 14.4 Å². The molecule has 0 aliphatic carbocycles. The first-order valence-electron chi connectivity index (χ1n) is 6.93. The van der Waals surface area contributed by atoms with Crippen molar-refractivity contribution in [3.63, 3.8) is 0 Å². The lowest BCUT2D eigenvalue weighted by atomic mass is 10.1. The Labute approximate surface area is 137 Å². The summed E-state index contributed by atoms with van der Waals surface area (Å²) in [6.45, 7) is 1.77. The Hall–Kier alpha value is -2.61. The largest absolute Gasteiger partial charge is 0.360 e. The van der Waals surface area contributed by atoms with Crippen molar-refractivity contribution in [2.75, 3.05) is 5.32 Å². The van der Waals surface area contributed by atoms with Crippen molar-refractivity contribution in [1.82, 2.24) is 19.9 Å². The van der Waals surface area contributed by atoms with Crippen LogP contribution in [0.3, 0.4) is 0 Å². The van der Waals surface area contributed by atoms with E-state index in [4.69, 9.17) is 4.52 Å². The smallest absolute Gasteiger partial charge is 0.243 e. The lowest BCUT2D eigenvalue weighted by Gasteiger charge is -2.15. The van der Waals surface area contributed by atoms with Gasteiger partial charge in [0.05, 0.1) is 0 Å². The highest BCUT2D eigenvalue weighted by Gasteiger charge is 2.24. The van der Waals surface area contributed by atoms with Gasteiger partial charge in [-0.25, -0.2) is 0 Å². The van der Waals surface area contributed by atoms with Gasteiger partial charge in [-0.05, 0) is 12.5 Å². The highest BCUT2D eigenvalue weighted by molar-refractivity contribution is 8.00. The fourth-order valence-corrected chi connectivity index (χ4v) is 2.98. The average Bonchev–Trinajstić information content (AvgIpc) is 3.14. The van der Waals surface area contributed by atoms with Gasteiger partial charge in [-0.15, -0.1) is 10.2 Å². The van der Waals surface area contributed by atoms with Gasteiger partial charge in [-0.3, -0.25) is 4.79 Å². The molecule has 1 atom stereocenters. The fraction of sp³-hybridized carbons (Fsp3) is 0.200. The quantitative estimate of drug-likeness (QED) is 0.724. The van der Waals surface area contributed by atoms with Crippen LogP contribution in [0.15, 0.2) is 52.4 Å². The van der Waals surface area contributed by atoms with Crippen LogP contribution in [0.1, 0.15) is 16.6 Å². The molecule has 0 aliphatic rings. The Balaban J connectivity index is 1.85. The van der Waals surface area contributed by atoms with Crippen molar-refractivity contribution in [1.29, 1.82) is 0 Å². The number of aromatic nitrogens is 4. The van der Waals surface area contributed by atoms with E-state index in [1.807, 2.05) is 37.4 Å². The van der Waals surface area contributed by atoms with Gasteiger partial charge in [-0.1, -0.05) is 47.3 Å². The van der Waals surface area contributed by atoms with Crippen LogP contribution in [-0.4, -0.2) is 25.8 Å². The minimum Gasteiger partial charge on any atom is -0.360 e. The van der Waals surface area contributed by atoms with E-state index in [0.717, 1.165) is 5.56 Å². The van der Waals surface area contributed by atoms with Crippen LogP contribution in [0.4, 0.5) is 5.82 Å². The number of hydrogen-bond acceptors (Lipinski definition) is 6. The van der Waals surface area contributed by atoms with Crippen molar-refractivity contribution in [3.05, 3.63) is 54.0 Å². The maximum absolute atomic E-state index is 12.7. The maximum atomic E-state index is 12.7. The molecule has 1 N–H and O–H groups in total. The summed E-state index contributed by atoms with van der Waals surface area (Å²) in [5.41, 5.74) is 0.873. The van der Waals surface area contributed by atoms with Crippen LogP contribution >= 0.6 is 11.8 Å². The topological polar surface area (TPSA) is 85.8 Å². The van der Waals surface area contributed by atoms with Crippen molar-refractivity contribution < 1.29 is 9.32 Å². The minimum absolute atomic E-state index is 0.197. The standard InChI is InChI=1S/C15H15N5O2S/c1-10-8-12(19-22-10)17-14(21)13(11-6-4-3-5-7-11)23-15-18-16-9-20(15)2/h3-9,13H,1-2H3,(H,17,19,21)/t13-/m0/s1. The molecule has 2 aromatic heterocycles. The predicted octanol–water partition coefficient (Wildman–Crippen LogP) is 2.58. The molecule has 1 aromatic carbocycles. The first-order valence-corrected chi connectivity index (χ1v) is 7.81. The second-order valence-corrected chi connectivity index (χ2v) is 6.02. The van der Waals surface area contributed by atoms with E-state index in [-0.39, 0.29) is 5.91 Å². The van der Waals surface area contributed by atoms with E-state index in [9.17, 15) is 4.79 Å². The van der Waals surface area contributed by atoms with E-state index in [0.29, 0.717) is 16.7 Å². The Morgan fingerprint density at radius 3 is 2.74 bits per heavy atom. The third-order valence-corrected chi connectivity index (χ3v) is 4.42. The van der Waals surface area contributed by atoms with Gasteiger partial charge in [-0.2, -0.15) is 0 Å². The lowest BCUT2D eigenvalue weighted by molar-refractivity contribution is -0.115. The Morgan fingerprint density at radius 1 is 1.35 bits per heavy atom. The first kappa shape index (κ1) is 15.3. The molecule has 0 radical (unpaired) electrons. The van der Waals surface area contributed by atoms with E-state index in [1.165, 1.54) is 11.8 Å². The third kappa shape index (κ3) is 3.59. The molecular formula is C15H15N5O2S. The van der Waals surface area contributed by atoms with Crippen LogP contribution in [0, 0.1) is 6.92 Å². The summed E-state index contributed by atoms with van der Waals surface area (Å²) in [6, 6.07) is 11.2. The molecule has 3 rings (SSSR count). The molecule has 0 bridgehead atoms. The summed E-state index contributed by atoms with van der Waals surface area (Å²) >= 11 is 1.33. The summed E-state index contributed by atoms with van der Waals surface area (Å²) in [4.78, 5) is 12.7. The summed E-state index contributed by atoms with van der Waals surface area (Å²) in [5.74, 6) is 0.835. The third-order valence-electron chi connectivity index (χ3n) is 3.11. The first-order chi connectivity index (χ1) is 11.1. The number of carbonyl (C=O) groups excluding carboxylic acids is 1. The molecule has 0 spiro atoms. The lowest BCUT2D eigenvalue weighted by Crippen LogP contribution is -2.19. The van der Waals surface area contributed by atoms with Gasteiger partial charge >= 0.3 is 0 Å². The van der Waals surface area contributed by atoms with Crippen molar-refractivity contribution >= 4 is 23.5 Å². The zero-order valence-electron chi connectivity index (χ0n) is 12.6. The molecule has 3 aromatic rings. The highest BCUT2D eigenvalue weighted by Crippen LogP contribution is 2.34. The normalized spacial score (nSPS) is 12.1. The molecule has 0 aliphatic heterocycles. The number of hydrogen-bond donors (Lipinski definition) is 1. The highest BCUT2D eigenvalue weighted by atomic mass is 32.2. The average molecular weight is 329 g/mol. The second-order valence-electron chi connectivity index (χ2n) is 4.95. The molecule has 0 saturated heterocycles. The van der Waals surface area contributed by atoms with Crippen molar-refractivity contribution in [3.8, 4) is 0 Å². The summed E-state index contributed by atoms with van der Waals surface area (Å²) in [6.07, 6.45) is 1.60. The number of amides is 1. The molecular weight excluding hydrogens is 314 g/mol. The number of carbonyl (C=O) groups is 1. The monoisotopic (exact) mass is 329 g/mol. The van der Waals surface area contributed by atoms with Crippen LogP contribution in [0.2, 0.25) is 0 Å². The van der Waals surface area contributed by atoms with Gasteiger partial charge in [0.25, 0.3) is 0 Å². The summed E-state index contributed by atoms with van der Waals surface area (Å²) in [7, 11) is 1.84. The molecule has 7 nitrogen and oxygen atoms in total. The van der Waals surface area contributed by atoms with Gasteiger partial charge in [0.15, 0.2) is 11.0 Å². The molecule has 0 unspecified atom stereocenters. The molecule has 8 heteroatoms. The van der Waals surface area contributed by atoms with Crippen molar-refractivity contribution in [2.45, 2.75) is 17.3 Å². The van der Waals surface area contributed by atoms with E-state index < -0.39 is 5.25 Å². The van der Waals surface area contributed by atoms with Crippen LogP contribution in [-0.2, 0) is 11.8 Å². The minimum atomic E-state index is -0.476. The number of benzene rings is 1. The van der Waals surface area contributed by atoms with Crippen LogP contribution < -0.4 is 5.32 Å². The molecule has 1 amide bonds. The number of nitrogens with zero attached hydrogens (tertiary/aromatic N) is 4. The number of anilines is 1. The Kier molecular flexibility index (Phi) is 4.42. The van der Waals surface area contributed by atoms with E-state index >= 15 is 0 Å². The van der Waals surface area contributed by atoms with E-state index in [2.05, 4.69) is 20.7 Å². The van der Waals surface area contributed by atoms with Gasteiger partial charge in [0.2, 0.25) is 5.91 Å². The van der Waals surface area contributed by atoms with Crippen LogP contribution in [0.5, 0.6) is 0 Å². The summed E-state index contributed by atoms with van der Waals surface area (Å²) < 4.78 is 6.75. The Bertz CT molecular complexity index is 799. The van der Waals surface area contributed by atoms with Gasteiger partial charge in [0.1, 0.15) is 17.3 Å². The predicted molar refractivity (Wildman–Crippen MR) is 85.9 cm³/mol. The maximum Gasteiger partial charge on any atom is 0.243 e. The van der Waals surface area contributed by atoms with Gasteiger partial charge in [0, 0.05) is 13.1 Å². The molecule has 2 heterocycles. The van der Waals surface area contributed by atoms with Crippen LogP contribution in [0.25, 0.3) is 0 Å². The SMILES string of the molecule is Cc1cc(NC(=O)[C@@H](Sc2nncn2C)c2ccccc2)no1. The zero-order chi connectivity index (χ0) is 16.2. The molecule has 0 fully saturated rings.